The Hall–Kier alpha value is -0.730. The Bertz CT molecular complexity index is 209. The molecule has 118 valence electrons. The summed E-state index contributed by atoms with van der Waals surface area (Å²) >= 11 is 0. The van der Waals surface area contributed by atoms with Gasteiger partial charge in [0.2, 0.25) is 0 Å². The summed E-state index contributed by atoms with van der Waals surface area (Å²) < 4.78 is 6.43. The van der Waals surface area contributed by atoms with Gasteiger partial charge in [-0.3, -0.25) is 15.3 Å². The van der Waals surface area contributed by atoms with E-state index in [0.717, 1.165) is 22.1 Å². The van der Waals surface area contributed by atoms with E-state index in [1.165, 1.54) is 6.92 Å². The van der Waals surface area contributed by atoms with E-state index in [1.807, 2.05) is 0 Å². The first-order chi connectivity index (χ1) is 8.48. The molecule has 0 aliphatic carbocycles. The molecular formula is C12H32N2O5+2. The number of nitrogens with zero attached hydrogens (tertiary/aromatic N) is 2. The number of carbonyl (C=O) groups excluding carboxylic acids is 1. The van der Waals surface area contributed by atoms with Crippen LogP contribution in [0.15, 0.2) is 0 Å². The number of carbonyl (C=O) groups is 1. The second kappa shape index (κ2) is 12.3. The van der Waals surface area contributed by atoms with Crippen LogP contribution in [0.5, 0.6) is 0 Å². The maximum absolute atomic E-state index is 10.3. The number of rotatable bonds is 5. The molecule has 0 heterocycles. The van der Waals surface area contributed by atoms with E-state index in [1.54, 1.807) is 0 Å². The van der Waals surface area contributed by atoms with Crippen molar-refractivity contribution in [2.75, 3.05) is 68.6 Å². The van der Waals surface area contributed by atoms with Crippen molar-refractivity contribution in [2.45, 2.75) is 6.92 Å². The maximum Gasteiger partial charge on any atom is 0.302 e. The van der Waals surface area contributed by atoms with Gasteiger partial charge in [-0.25, -0.2) is 0 Å². The zero-order valence-corrected chi connectivity index (χ0v) is 13.4. The summed E-state index contributed by atoms with van der Waals surface area (Å²) in [6, 6.07) is 0. The molecule has 0 aliphatic heterocycles. The van der Waals surface area contributed by atoms with Crippen LogP contribution in [-0.2, 0) is 9.53 Å². The van der Waals surface area contributed by atoms with Crippen molar-refractivity contribution in [3.8, 4) is 0 Å². The third kappa shape index (κ3) is 38.2. The minimum absolute atomic E-state index is 0.201. The largest absolute Gasteiger partial charge is 0.460 e. The Balaban J connectivity index is -0.000000249. The van der Waals surface area contributed by atoms with Crippen molar-refractivity contribution in [2.24, 2.45) is 0 Å². The third-order valence-electron chi connectivity index (χ3n) is 1.84. The smallest absolute Gasteiger partial charge is 0.302 e. The minimum Gasteiger partial charge on any atom is -0.460 e. The van der Waals surface area contributed by atoms with Crippen LogP contribution in [0, 0.1) is 0 Å². The number of hydrogen-bond acceptors (Lipinski definition) is 5. The van der Waals surface area contributed by atoms with Gasteiger partial charge < -0.3 is 18.8 Å². The van der Waals surface area contributed by atoms with Gasteiger partial charge in [0.25, 0.3) is 0 Å². The van der Waals surface area contributed by atoms with Crippen molar-refractivity contribution in [1.82, 2.24) is 0 Å². The molecule has 19 heavy (non-hydrogen) atoms. The predicted molar refractivity (Wildman–Crippen MR) is 74.8 cm³/mol. The Labute approximate surface area is 116 Å². The first-order valence-corrected chi connectivity index (χ1v) is 6.03. The molecule has 0 saturated carbocycles. The zero-order chi connectivity index (χ0) is 16.1. The first kappa shape index (κ1) is 23.4. The minimum atomic E-state index is -0.201. The molecule has 0 amide bonds. The van der Waals surface area contributed by atoms with Crippen molar-refractivity contribution in [3.05, 3.63) is 0 Å². The van der Waals surface area contributed by atoms with E-state index in [2.05, 4.69) is 42.3 Å². The normalized spacial score (nSPS) is 10.6. The highest BCUT2D eigenvalue weighted by Crippen LogP contribution is 1.89. The van der Waals surface area contributed by atoms with Crippen LogP contribution in [0.1, 0.15) is 6.92 Å². The number of ether oxygens (including phenoxy) is 1. The summed E-state index contributed by atoms with van der Waals surface area (Å²) in [5.74, 6) is -0.201. The fraction of sp³-hybridized carbons (Fsp3) is 0.917. The van der Waals surface area contributed by atoms with Crippen LogP contribution in [-0.4, -0.2) is 99.1 Å². The highest BCUT2D eigenvalue weighted by molar-refractivity contribution is 5.65. The lowest BCUT2D eigenvalue weighted by atomic mass is 10.5. The van der Waals surface area contributed by atoms with Crippen molar-refractivity contribution >= 4 is 5.97 Å². The lowest BCUT2D eigenvalue weighted by Gasteiger charge is -2.23. The quantitative estimate of drug-likeness (QED) is 0.285. The van der Waals surface area contributed by atoms with Gasteiger partial charge in [-0.2, -0.15) is 0 Å². The fourth-order valence-corrected chi connectivity index (χ4v) is 0.763. The van der Waals surface area contributed by atoms with Crippen molar-refractivity contribution < 1.29 is 34.1 Å². The first-order valence-electron chi connectivity index (χ1n) is 6.03. The average Bonchev–Trinajstić information content (AvgIpc) is 2.17. The number of esters is 1. The molecule has 0 spiro atoms. The SMILES string of the molecule is CC(=O)OCC[N+](C)(C)C.C[N+](C)(C)CCO.OO. The van der Waals surface area contributed by atoms with Gasteiger partial charge in [-0.15, -0.1) is 0 Å². The number of aliphatic hydroxyl groups excluding tert-OH is 1. The molecule has 0 fully saturated rings. The Morgan fingerprint density at radius 3 is 1.47 bits per heavy atom. The van der Waals surface area contributed by atoms with Crippen LogP contribution in [0.4, 0.5) is 0 Å². The molecule has 7 heteroatoms. The van der Waals surface area contributed by atoms with Gasteiger partial charge in [0.1, 0.15) is 19.7 Å². The van der Waals surface area contributed by atoms with Gasteiger partial charge in [0.05, 0.1) is 48.9 Å². The number of hydrogen-bond donors (Lipinski definition) is 3. The summed E-state index contributed by atoms with van der Waals surface area (Å²) in [5.41, 5.74) is 0. The van der Waals surface area contributed by atoms with Gasteiger partial charge in [0.15, 0.2) is 0 Å². The molecule has 0 atom stereocenters. The molecule has 7 nitrogen and oxygen atoms in total. The molecule has 0 rings (SSSR count). The standard InChI is InChI=1S/C7H16NO2.C5H14NO.H2O2/c1-7(9)10-6-5-8(2,3)4;1-6(2,3)4-5-7;1-2/h5-6H2,1-4H3;7H,4-5H2,1-3H3;1-2H/q2*+1;. The monoisotopic (exact) mass is 284 g/mol. The van der Waals surface area contributed by atoms with E-state index in [9.17, 15) is 4.79 Å². The van der Waals surface area contributed by atoms with Crippen LogP contribution in [0.25, 0.3) is 0 Å². The Morgan fingerprint density at radius 2 is 1.32 bits per heavy atom. The lowest BCUT2D eigenvalue weighted by Crippen LogP contribution is -2.37. The van der Waals surface area contributed by atoms with Crippen LogP contribution >= 0.6 is 0 Å². The van der Waals surface area contributed by atoms with Crippen molar-refractivity contribution in [1.29, 1.82) is 0 Å². The summed E-state index contributed by atoms with van der Waals surface area (Å²) in [6.07, 6.45) is 0. The van der Waals surface area contributed by atoms with Crippen molar-refractivity contribution in [3.63, 3.8) is 0 Å². The number of aliphatic hydroxyl groups is 1. The molecule has 0 aromatic heterocycles. The van der Waals surface area contributed by atoms with E-state index < -0.39 is 0 Å². The molecular weight excluding hydrogens is 252 g/mol. The average molecular weight is 284 g/mol. The van der Waals surface area contributed by atoms with Crippen LogP contribution in [0.2, 0.25) is 0 Å². The second-order valence-corrected chi connectivity index (χ2v) is 6.09. The summed E-state index contributed by atoms with van der Waals surface area (Å²) in [4.78, 5) is 10.3. The van der Waals surface area contributed by atoms with Gasteiger partial charge in [0, 0.05) is 6.92 Å². The van der Waals surface area contributed by atoms with E-state index >= 15 is 0 Å². The van der Waals surface area contributed by atoms with E-state index in [0.29, 0.717) is 6.61 Å². The third-order valence-corrected chi connectivity index (χ3v) is 1.84. The Morgan fingerprint density at radius 1 is 0.947 bits per heavy atom. The second-order valence-electron chi connectivity index (χ2n) is 6.09. The molecule has 3 N–H and O–H groups in total. The van der Waals surface area contributed by atoms with Gasteiger partial charge >= 0.3 is 5.97 Å². The van der Waals surface area contributed by atoms with E-state index in [4.69, 9.17) is 20.4 Å². The summed E-state index contributed by atoms with van der Waals surface area (Å²) in [5, 5.41) is 20.4. The number of quaternary nitrogens is 2. The molecule has 0 aliphatic rings. The highest BCUT2D eigenvalue weighted by Gasteiger charge is 2.06. The molecule has 0 radical (unpaired) electrons. The summed E-state index contributed by atoms with van der Waals surface area (Å²) in [7, 11) is 12.3. The van der Waals surface area contributed by atoms with Gasteiger partial charge in [-0.1, -0.05) is 0 Å². The highest BCUT2D eigenvalue weighted by atomic mass is 17.0. The molecule has 0 bridgehead atoms. The molecule has 0 aromatic carbocycles. The van der Waals surface area contributed by atoms with Crippen LogP contribution in [0.3, 0.4) is 0 Å². The predicted octanol–water partition coefficient (Wildman–Crippen LogP) is -0.0420. The molecule has 0 unspecified atom stereocenters. The molecule has 0 saturated heterocycles. The summed E-state index contributed by atoms with van der Waals surface area (Å²) in [6.45, 7) is 3.91. The fourth-order valence-electron chi connectivity index (χ4n) is 0.763. The van der Waals surface area contributed by atoms with E-state index in [-0.39, 0.29) is 12.6 Å². The van der Waals surface area contributed by atoms with Crippen LogP contribution < -0.4 is 0 Å². The topological polar surface area (TPSA) is 87.0 Å². The lowest BCUT2D eigenvalue weighted by molar-refractivity contribution is -0.870. The maximum atomic E-state index is 10.3. The zero-order valence-electron chi connectivity index (χ0n) is 13.4. The number of likely N-dealkylation sites (N-methyl/N-ethyl adjacent to an activating group) is 2. The Kier molecular flexibility index (Phi) is 15.1. The van der Waals surface area contributed by atoms with Gasteiger partial charge in [-0.05, 0) is 0 Å². The molecule has 0 aromatic rings.